The maximum absolute atomic E-state index is 3.94. The molecule has 124 valence electrons. The summed E-state index contributed by atoms with van der Waals surface area (Å²) in [7, 11) is -1.26. The minimum atomic E-state index is -1.26. The van der Waals surface area contributed by atoms with Crippen molar-refractivity contribution in [3.05, 3.63) is 0 Å². The van der Waals surface area contributed by atoms with Gasteiger partial charge in [-0.2, -0.15) is 0 Å². The van der Waals surface area contributed by atoms with Crippen molar-refractivity contribution < 1.29 is 0 Å². The van der Waals surface area contributed by atoms with Gasteiger partial charge in [0.05, 0.1) is 0 Å². The zero-order valence-corrected chi connectivity index (χ0v) is 15.9. The predicted molar refractivity (Wildman–Crippen MR) is 94.7 cm³/mol. The SMILES string of the molecule is CC(C)N[SiH](NC(C)C)N(C1CCCCC1)C1CCCC1. The van der Waals surface area contributed by atoms with Crippen LogP contribution in [0.5, 0.6) is 0 Å². The van der Waals surface area contributed by atoms with Gasteiger partial charge in [0.25, 0.3) is 9.28 Å². The molecule has 0 saturated heterocycles. The quantitative estimate of drug-likeness (QED) is 0.707. The monoisotopic (exact) mass is 311 g/mol. The molecule has 0 aromatic carbocycles. The van der Waals surface area contributed by atoms with E-state index in [4.69, 9.17) is 0 Å². The van der Waals surface area contributed by atoms with Crippen LogP contribution >= 0.6 is 0 Å². The molecule has 0 bridgehead atoms. The average Bonchev–Trinajstić information content (AvgIpc) is 2.92. The molecule has 2 rings (SSSR count). The highest BCUT2D eigenvalue weighted by Crippen LogP contribution is 2.31. The van der Waals surface area contributed by atoms with E-state index in [0.717, 1.165) is 12.1 Å². The van der Waals surface area contributed by atoms with E-state index in [1.807, 2.05) is 0 Å². The Bertz CT molecular complexity index is 274. The van der Waals surface area contributed by atoms with Crippen molar-refractivity contribution in [2.24, 2.45) is 0 Å². The highest BCUT2D eigenvalue weighted by atomic mass is 28.3. The number of hydrogen-bond donors (Lipinski definition) is 2. The van der Waals surface area contributed by atoms with Crippen molar-refractivity contribution in [2.75, 3.05) is 0 Å². The van der Waals surface area contributed by atoms with Crippen LogP contribution in [0.2, 0.25) is 0 Å². The van der Waals surface area contributed by atoms with Crippen molar-refractivity contribution in [3.8, 4) is 0 Å². The van der Waals surface area contributed by atoms with Gasteiger partial charge >= 0.3 is 0 Å². The van der Waals surface area contributed by atoms with E-state index >= 15 is 0 Å². The third-order valence-corrected chi connectivity index (χ3v) is 8.43. The first-order valence-electron chi connectivity index (χ1n) is 9.37. The zero-order chi connectivity index (χ0) is 15.2. The summed E-state index contributed by atoms with van der Waals surface area (Å²) in [5.74, 6) is 0. The normalized spacial score (nSPS) is 22.3. The highest BCUT2D eigenvalue weighted by molar-refractivity contribution is 6.50. The second-order valence-corrected chi connectivity index (χ2v) is 9.79. The Labute approximate surface area is 134 Å². The Morgan fingerprint density at radius 1 is 0.714 bits per heavy atom. The topological polar surface area (TPSA) is 27.3 Å². The highest BCUT2D eigenvalue weighted by Gasteiger charge is 2.36. The van der Waals surface area contributed by atoms with Crippen molar-refractivity contribution in [2.45, 2.75) is 110 Å². The van der Waals surface area contributed by atoms with E-state index < -0.39 is 9.28 Å². The molecule has 2 fully saturated rings. The van der Waals surface area contributed by atoms with Crippen LogP contribution in [0.15, 0.2) is 0 Å². The summed E-state index contributed by atoms with van der Waals surface area (Å²) in [4.78, 5) is 7.88. The molecule has 0 spiro atoms. The number of hydrogen-bond acceptors (Lipinski definition) is 3. The smallest absolute Gasteiger partial charge is 0.268 e. The molecule has 2 aliphatic carbocycles. The van der Waals surface area contributed by atoms with E-state index in [0.29, 0.717) is 12.1 Å². The molecule has 0 amide bonds. The first-order chi connectivity index (χ1) is 10.1. The second-order valence-electron chi connectivity index (χ2n) is 7.72. The third kappa shape index (κ3) is 5.34. The summed E-state index contributed by atoms with van der Waals surface area (Å²) in [5.41, 5.74) is 0. The van der Waals surface area contributed by atoms with E-state index in [1.54, 1.807) is 0 Å². The van der Waals surface area contributed by atoms with E-state index in [1.165, 1.54) is 57.8 Å². The molecule has 2 aliphatic rings. The predicted octanol–water partition coefficient (Wildman–Crippen LogP) is 3.28. The maximum atomic E-state index is 3.94. The van der Waals surface area contributed by atoms with Gasteiger partial charge in [0.1, 0.15) is 0 Å². The summed E-state index contributed by atoms with van der Waals surface area (Å²) in [5, 5.41) is 0. The number of nitrogens with zero attached hydrogens (tertiary/aromatic N) is 1. The molecular formula is C17H37N3Si. The van der Waals surface area contributed by atoms with Gasteiger partial charge in [-0.15, -0.1) is 0 Å². The van der Waals surface area contributed by atoms with Gasteiger partial charge in [0.15, 0.2) is 0 Å². The maximum Gasteiger partial charge on any atom is 0.268 e. The van der Waals surface area contributed by atoms with Crippen molar-refractivity contribution in [3.63, 3.8) is 0 Å². The van der Waals surface area contributed by atoms with Gasteiger partial charge in [-0.1, -0.05) is 59.8 Å². The molecule has 0 atom stereocenters. The van der Waals surface area contributed by atoms with Crippen LogP contribution in [0.4, 0.5) is 0 Å². The Morgan fingerprint density at radius 3 is 1.48 bits per heavy atom. The summed E-state index contributed by atoms with van der Waals surface area (Å²) in [6, 6.07) is 2.86. The summed E-state index contributed by atoms with van der Waals surface area (Å²) in [6.45, 7) is 9.21. The van der Waals surface area contributed by atoms with Gasteiger partial charge in [-0.25, -0.2) is 0 Å². The van der Waals surface area contributed by atoms with Crippen LogP contribution in [0.25, 0.3) is 0 Å². The van der Waals surface area contributed by atoms with Crippen LogP contribution in [-0.4, -0.2) is 38.0 Å². The Morgan fingerprint density at radius 2 is 1.10 bits per heavy atom. The van der Waals surface area contributed by atoms with Crippen LogP contribution < -0.4 is 9.96 Å². The zero-order valence-electron chi connectivity index (χ0n) is 14.7. The molecule has 0 aromatic heterocycles. The van der Waals surface area contributed by atoms with Crippen molar-refractivity contribution >= 4 is 9.28 Å². The molecule has 3 nitrogen and oxygen atoms in total. The van der Waals surface area contributed by atoms with Gasteiger partial charge in [-0.3, -0.25) is 4.57 Å². The lowest BCUT2D eigenvalue weighted by molar-refractivity contribution is 0.190. The molecule has 21 heavy (non-hydrogen) atoms. The Balaban J connectivity index is 2.12. The summed E-state index contributed by atoms with van der Waals surface area (Å²) in [6.07, 6.45) is 12.9. The van der Waals surface area contributed by atoms with Gasteiger partial charge in [0.2, 0.25) is 0 Å². The molecule has 0 aromatic rings. The lowest BCUT2D eigenvalue weighted by Crippen LogP contribution is -2.68. The molecule has 2 N–H and O–H groups in total. The lowest BCUT2D eigenvalue weighted by atomic mass is 9.94. The largest absolute Gasteiger partial charge is 0.313 e. The fraction of sp³-hybridized carbons (Fsp3) is 1.00. The molecule has 0 unspecified atom stereocenters. The molecular weight excluding hydrogens is 274 g/mol. The van der Waals surface area contributed by atoms with E-state index in [-0.39, 0.29) is 0 Å². The molecule has 0 aliphatic heterocycles. The molecule has 4 heteroatoms. The summed E-state index contributed by atoms with van der Waals surface area (Å²) < 4.78 is 2.98. The number of rotatable bonds is 7. The van der Waals surface area contributed by atoms with Crippen molar-refractivity contribution in [1.29, 1.82) is 0 Å². The second kappa shape index (κ2) is 8.66. The first kappa shape index (κ1) is 17.5. The Kier molecular flexibility index (Phi) is 7.19. The van der Waals surface area contributed by atoms with Gasteiger partial charge in [-0.05, 0) is 37.8 Å². The van der Waals surface area contributed by atoms with Crippen LogP contribution in [-0.2, 0) is 0 Å². The third-order valence-electron chi connectivity index (χ3n) is 5.02. The van der Waals surface area contributed by atoms with Crippen LogP contribution in [0, 0.1) is 0 Å². The lowest BCUT2D eigenvalue weighted by Gasteiger charge is -2.44. The standard InChI is InChI=1S/C17H37N3Si/c1-14(2)18-21(19-15(3)4)20(17-12-8-9-13-17)16-10-6-5-7-11-16/h14-19,21H,5-13H2,1-4H3. The van der Waals surface area contributed by atoms with Crippen LogP contribution in [0.1, 0.15) is 85.5 Å². The molecule has 2 saturated carbocycles. The first-order valence-corrected chi connectivity index (χ1v) is 11.0. The molecule has 0 heterocycles. The minimum Gasteiger partial charge on any atom is -0.313 e. The molecule has 0 radical (unpaired) electrons. The Hall–Kier alpha value is 0.0969. The van der Waals surface area contributed by atoms with Crippen LogP contribution in [0.3, 0.4) is 0 Å². The van der Waals surface area contributed by atoms with E-state index in [2.05, 4.69) is 42.2 Å². The average molecular weight is 312 g/mol. The van der Waals surface area contributed by atoms with Crippen molar-refractivity contribution in [1.82, 2.24) is 14.5 Å². The number of nitrogens with one attached hydrogen (secondary N) is 2. The fourth-order valence-electron chi connectivity index (χ4n) is 4.15. The van der Waals surface area contributed by atoms with Gasteiger partial charge < -0.3 is 9.96 Å². The summed E-state index contributed by atoms with van der Waals surface area (Å²) >= 11 is 0. The minimum absolute atomic E-state index is 0.584. The fourth-order valence-corrected chi connectivity index (χ4v) is 7.30. The van der Waals surface area contributed by atoms with Gasteiger partial charge in [0, 0.05) is 12.1 Å². The van der Waals surface area contributed by atoms with E-state index in [9.17, 15) is 0 Å².